The molecule has 1 amide bonds. The Kier molecular flexibility index (Phi) is 5.93. The summed E-state index contributed by atoms with van der Waals surface area (Å²) in [7, 11) is 0. The minimum absolute atomic E-state index is 0.131. The number of amides is 1. The molecule has 1 aromatic heterocycles. The van der Waals surface area contributed by atoms with Crippen molar-refractivity contribution < 1.29 is 18.7 Å². The fraction of sp³-hybridized carbons (Fsp3) is 0.222. The van der Waals surface area contributed by atoms with Gasteiger partial charge in [0, 0.05) is 0 Å². The van der Waals surface area contributed by atoms with E-state index in [1.807, 2.05) is 31.2 Å². The zero-order valence-corrected chi connectivity index (χ0v) is 14.6. The van der Waals surface area contributed by atoms with Crippen LogP contribution < -0.4 is 14.8 Å². The van der Waals surface area contributed by atoms with Gasteiger partial charge >= 0.3 is 0 Å². The summed E-state index contributed by atoms with van der Waals surface area (Å²) in [5.41, 5.74) is 0.746. The topological polar surface area (TPSA) is 91.2 Å². The lowest BCUT2D eigenvalue weighted by Crippen LogP contribution is -2.29. The van der Waals surface area contributed by atoms with E-state index in [-0.39, 0.29) is 24.9 Å². The van der Waals surface area contributed by atoms with E-state index in [9.17, 15) is 9.18 Å². The zero-order valence-electron chi connectivity index (χ0n) is 14.6. The maximum Gasteiger partial charge on any atom is 0.258 e. The third-order valence-corrected chi connectivity index (χ3v) is 3.55. The molecular formula is C18H18FN5O3. The van der Waals surface area contributed by atoms with Crippen LogP contribution in [0.5, 0.6) is 11.5 Å². The number of halogens is 1. The van der Waals surface area contributed by atoms with Crippen molar-refractivity contribution >= 4 is 5.91 Å². The Hall–Kier alpha value is -3.49. The van der Waals surface area contributed by atoms with Crippen molar-refractivity contribution in [2.24, 2.45) is 0 Å². The molecule has 0 saturated heterocycles. The van der Waals surface area contributed by atoms with Crippen LogP contribution in [0, 0.1) is 5.82 Å². The number of hydrogen-bond donors (Lipinski definition) is 1. The van der Waals surface area contributed by atoms with Crippen LogP contribution in [0.25, 0.3) is 5.69 Å². The van der Waals surface area contributed by atoms with Crippen LogP contribution in [0.4, 0.5) is 4.39 Å². The monoisotopic (exact) mass is 371 g/mol. The molecule has 140 valence electrons. The van der Waals surface area contributed by atoms with Gasteiger partial charge in [0.1, 0.15) is 17.3 Å². The number of hydrogen-bond acceptors (Lipinski definition) is 6. The first-order chi connectivity index (χ1) is 13.2. The van der Waals surface area contributed by atoms with Crippen molar-refractivity contribution in [2.45, 2.75) is 13.5 Å². The molecule has 0 fully saturated rings. The molecule has 27 heavy (non-hydrogen) atoms. The van der Waals surface area contributed by atoms with Gasteiger partial charge in [0.2, 0.25) is 0 Å². The third kappa shape index (κ3) is 5.00. The summed E-state index contributed by atoms with van der Waals surface area (Å²) in [6, 6.07) is 12.7. The van der Waals surface area contributed by atoms with Crippen LogP contribution in [0.15, 0.2) is 48.5 Å². The number of ether oxygens (including phenoxy) is 2. The quantitative estimate of drug-likeness (QED) is 0.650. The molecule has 0 bridgehead atoms. The highest BCUT2D eigenvalue weighted by atomic mass is 19.1. The summed E-state index contributed by atoms with van der Waals surface area (Å²) < 4.78 is 25.1. The Labute approximate surface area is 154 Å². The van der Waals surface area contributed by atoms with Crippen LogP contribution in [0.1, 0.15) is 12.7 Å². The molecule has 0 spiro atoms. The van der Waals surface area contributed by atoms with E-state index < -0.39 is 0 Å². The molecule has 3 rings (SSSR count). The number of carbonyl (C=O) groups is 1. The highest BCUT2D eigenvalue weighted by molar-refractivity contribution is 5.77. The second-order valence-corrected chi connectivity index (χ2v) is 5.45. The minimum atomic E-state index is -0.368. The summed E-state index contributed by atoms with van der Waals surface area (Å²) in [4.78, 5) is 11.9. The Morgan fingerprint density at radius 2 is 1.74 bits per heavy atom. The first-order valence-electron chi connectivity index (χ1n) is 8.31. The molecular weight excluding hydrogens is 353 g/mol. The van der Waals surface area contributed by atoms with Gasteiger partial charge in [-0.05, 0) is 65.9 Å². The van der Waals surface area contributed by atoms with Crippen LogP contribution in [-0.4, -0.2) is 39.3 Å². The Bertz CT molecular complexity index is 881. The molecule has 2 aromatic carbocycles. The lowest BCUT2D eigenvalue weighted by atomic mass is 10.3. The van der Waals surface area contributed by atoms with Gasteiger partial charge in [0.15, 0.2) is 12.4 Å². The van der Waals surface area contributed by atoms with E-state index in [1.54, 1.807) is 0 Å². The summed E-state index contributed by atoms with van der Waals surface area (Å²) >= 11 is 0. The maximum atomic E-state index is 12.8. The van der Waals surface area contributed by atoms with Crippen molar-refractivity contribution in [1.29, 1.82) is 0 Å². The molecule has 0 aliphatic carbocycles. The Morgan fingerprint density at radius 1 is 1.07 bits per heavy atom. The highest BCUT2D eigenvalue weighted by Crippen LogP contribution is 2.15. The SMILES string of the molecule is CCOc1ccc(-n2nnnc2CNC(=O)COc2ccc(F)cc2)cc1. The van der Waals surface area contributed by atoms with Gasteiger partial charge in [-0.2, -0.15) is 4.68 Å². The lowest BCUT2D eigenvalue weighted by molar-refractivity contribution is -0.123. The second kappa shape index (κ2) is 8.75. The van der Waals surface area contributed by atoms with E-state index in [0.717, 1.165) is 11.4 Å². The molecule has 0 radical (unpaired) electrons. The van der Waals surface area contributed by atoms with Crippen molar-refractivity contribution in [3.63, 3.8) is 0 Å². The molecule has 0 aliphatic rings. The molecule has 0 saturated carbocycles. The molecule has 0 aliphatic heterocycles. The summed E-state index contributed by atoms with van der Waals surface area (Å²) in [6.45, 7) is 2.43. The predicted molar refractivity (Wildman–Crippen MR) is 94.1 cm³/mol. The molecule has 1 N–H and O–H groups in total. The van der Waals surface area contributed by atoms with Crippen molar-refractivity contribution in [3.8, 4) is 17.2 Å². The number of tetrazole rings is 1. The first kappa shape index (κ1) is 18.3. The summed E-state index contributed by atoms with van der Waals surface area (Å²) in [5.74, 6) is 0.913. The van der Waals surface area contributed by atoms with Gasteiger partial charge < -0.3 is 14.8 Å². The van der Waals surface area contributed by atoms with Gasteiger partial charge in [-0.1, -0.05) is 0 Å². The van der Waals surface area contributed by atoms with Gasteiger partial charge in [0.25, 0.3) is 5.91 Å². The number of rotatable bonds is 8. The van der Waals surface area contributed by atoms with E-state index in [4.69, 9.17) is 9.47 Å². The molecule has 0 atom stereocenters. The third-order valence-electron chi connectivity index (χ3n) is 3.55. The van der Waals surface area contributed by atoms with Crippen LogP contribution in [0.3, 0.4) is 0 Å². The number of carbonyl (C=O) groups excluding carboxylic acids is 1. The van der Waals surface area contributed by atoms with E-state index in [1.165, 1.54) is 28.9 Å². The predicted octanol–water partition coefficient (Wildman–Crippen LogP) is 1.90. The average Bonchev–Trinajstić information content (AvgIpc) is 3.15. The molecule has 3 aromatic rings. The van der Waals surface area contributed by atoms with Crippen molar-refractivity contribution in [2.75, 3.05) is 13.2 Å². The normalized spacial score (nSPS) is 10.4. The number of aromatic nitrogens is 4. The fourth-order valence-corrected chi connectivity index (χ4v) is 2.28. The van der Waals surface area contributed by atoms with E-state index in [2.05, 4.69) is 20.8 Å². The smallest absolute Gasteiger partial charge is 0.258 e. The second-order valence-electron chi connectivity index (χ2n) is 5.45. The molecule has 9 heteroatoms. The Morgan fingerprint density at radius 3 is 2.44 bits per heavy atom. The van der Waals surface area contributed by atoms with Crippen molar-refractivity contribution in [3.05, 3.63) is 60.2 Å². The van der Waals surface area contributed by atoms with Gasteiger partial charge in [-0.15, -0.1) is 5.10 Å². The van der Waals surface area contributed by atoms with E-state index in [0.29, 0.717) is 18.2 Å². The molecule has 8 nitrogen and oxygen atoms in total. The van der Waals surface area contributed by atoms with Gasteiger partial charge in [-0.25, -0.2) is 4.39 Å². The lowest BCUT2D eigenvalue weighted by Gasteiger charge is -2.08. The molecule has 0 unspecified atom stereocenters. The highest BCUT2D eigenvalue weighted by Gasteiger charge is 2.10. The van der Waals surface area contributed by atoms with Gasteiger partial charge in [0.05, 0.1) is 18.8 Å². The van der Waals surface area contributed by atoms with Crippen molar-refractivity contribution in [1.82, 2.24) is 25.5 Å². The maximum absolute atomic E-state index is 12.8. The minimum Gasteiger partial charge on any atom is -0.494 e. The van der Waals surface area contributed by atoms with Crippen LogP contribution in [0.2, 0.25) is 0 Å². The zero-order chi connectivity index (χ0) is 19.1. The van der Waals surface area contributed by atoms with Crippen LogP contribution >= 0.6 is 0 Å². The van der Waals surface area contributed by atoms with Gasteiger partial charge in [-0.3, -0.25) is 4.79 Å². The number of nitrogens with one attached hydrogen (secondary N) is 1. The number of benzene rings is 2. The first-order valence-corrected chi connectivity index (χ1v) is 8.31. The standard InChI is InChI=1S/C18H18FN5O3/c1-2-26-15-9-5-14(6-10-15)24-17(21-22-23-24)11-20-18(25)12-27-16-7-3-13(19)4-8-16/h3-10H,2,11-12H2,1H3,(H,20,25). The van der Waals surface area contributed by atoms with Crippen LogP contribution in [-0.2, 0) is 11.3 Å². The average molecular weight is 371 g/mol. The summed E-state index contributed by atoms with van der Waals surface area (Å²) in [6.07, 6.45) is 0. The molecule has 1 heterocycles. The number of nitrogens with zero attached hydrogens (tertiary/aromatic N) is 4. The largest absolute Gasteiger partial charge is 0.494 e. The fourth-order valence-electron chi connectivity index (χ4n) is 2.28. The van der Waals surface area contributed by atoms with E-state index >= 15 is 0 Å². The summed E-state index contributed by atoms with van der Waals surface area (Å²) in [5, 5.41) is 14.2. The Balaban J connectivity index is 1.54.